The van der Waals surface area contributed by atoms with Crippen molar-refractivity contribution in [1.29, 1.82) is 5.26 Å². The Balaban J connectivity index is 1.55. The Morgan fingerprint density at radius 3 is 2.41 bits per heavy atom. The lowest BCUT2D eigenvalue weighted by atomic mass is 10.1. The number of rotatable bonds is 9. The van der Waals surface area contributed by atoms with Gasteiger partial charge in [-0.3, -0.25) is 9.59 Å². The average Bonchev–Trinajstić information content (AvgIpc) is 2.87. The first-order valence-corrected chi connectivity index (χ1v) is 10.6. The third kappa shape index (κ3) is 6.97. The number of nitrogens with one attached hydrogen (secondary N) is 2. The molecule has 0 saturated carbocycles. The van der Waals surface area contributed by atoms with Crippen LogP contribution in [0.4, 0.5) is 5.69 Å². The summed E-state index contributed by atoms with van der Waals surface area (Å²) in [5, 5.41) is 15.0. The molecule has 0 bridgehead atoms. The molecular formula is C27H25N3O4. The standard InChI is InChI=1S/C27H25N3O4/c1-19(21-7-4-3-5-8-21)29-26(31)18-34-24-13-11-20(12-14-24)15-22(17-28)27(32)30-23-9-6-10-25(16-23)33-2/h3-16,19H,18H2,1-2H3,(H,29,31)(H,30,32)/b22-15+/t19-/m0/s1. The van der Waals surface area contributed by atoms with E-state index in [2.05, 4.69) is 10.6 Å². The van der Waals surface area contributed by atoms with Crippen LogP contribution in [0.3, 0.4) is 0 Å². The zero-order valence-corrected chi connectivity index (χ0v) is 18.9. The third-order valence-electron chi connectivity index (χ3n) is 4.93. The fraction of sp³-hybridized carbons (Fsp3) is 0.148. The summed E-state index contributed by atoms with van der Waals surface area (Å²) in [6.45, 7) is 1.78. The van der Waals surface area contributed by atoms with Crippen LogP contribution >= 0.6 is 0 Å². The third-order valence-corrected chi connectivity index (χ3v) is 4.93. The first-order valence-electron chi connectivity index (χ1n) is 10.6. The molecule has 34 heavy (non-hydrogen) atoms. The molecule has 7 nitrogen and oxygen atoms in total. The highest BCUT2D eigenvalue weighted by Crippen LogP contribution is 2.19. The number of ether oxygens (including phenoxy) is 2. The quantitative estimate of drug-likeness (QED) is 0.366. The van der Waals surface area contributed by atoms with Gasteiger partial charge in [0.2, 0.25) is 0 Å². The number of methoxy groups -OCH3 is 1. The number of nitriles is 1. The highest BCUT2D eigenvalue weighted by molar-refractivity contribution is 6.09. The Morgan fingerprint density at radius 1 is 1.00 bits per heavy atom. The lowest BCUT2D eigenvalue weighted by Crippen LogP contribution is -2.31. The molecule has 0 spiro atoms. The molecule has 7 heteroatoms. The van der Waals surface area contributed by atoms with Crippen molar-refractivity contribution >= 4 is 23.6 Å². The molecule has 172 valence electrons. The van der Waals surface area contributed by atoms with E-state index in [1.165, 1.54) is 13.2 Å². The smallest absolute Gasteiger partial charge is 0.266 e. The van der Waals surface area contributed by atoms with Crippen molar-refractivity contribution in [3.63, 3.8) is 0 Å². The number of nitrogens with zero attached hydrogens (tertiary/aromatic N) is 1. The maximum atomic E-state index is 12.5. The molecule has 0 heterocycles. The van der Waals surface area contributed by atoms with Crippen molar-refractivity contribution in [1.82, 2.24) is 5.32 Å². The molecule has 0 fully saturated rings. The van der Waals surface area contributed by atoms with Gasteiger partial charge in [0.05, 0.1) is 13.2 Å². The highest BCUT2D eigenvalue weighted by Gasteiger charge is 2.11. The van der Waals surface area contributed by atoms with Gasteiger partial charge >= 0.3 is 0 Å². The van der Waals surface area contributed by atoms with E-state index in [1.807, 2.05) is 43.3 Å². The predicted octanol–water partition coefficient (Wildman–Crippen LogP) is 4.50. The molecule has 0 aliphatic heterocycles. The van der Waals surface area contributed by atoms with E-state index in [0.29, 0.717) is 22.7 Å². The minimum Gasteiger partial charge on any atom is -0.497 e. The van der Waals surface area contributed by atoms with Crippen molar-refractivity contribution in [2.24, 2.45) is 0 Å². The second-order valence-corrected chi connectivity index (χ2v) is 7.41. The summed E-state index contributed by atoms with van der Waals surface area (Å²) in [6.07, 6.45) is 1.48. The van der Waals surface area contributed by atoms with E-state index in [1.54, 1.807) is 48.5 Å². The minimum absolute atomic E-state index is 0.0502. The fourth-order valence-electron chi connectivity index (χ4n) is 3.13. The van der Waals surface area contributed by atoms with Gasteiger partial charge in [0, 0.05) is 11.8 Å². The summed E-state index contributed by atoms with van der Waals surface area (Å²) < 4.78 is 10.7. The molecule has 3 rings (SSSR count). The van der Waals surface area contributed by atoms with Crippen LogP contribution in [0.1, 0.15) is 24.1 Å². The van der Waals surface area contributed by atoms with Crippen molar-refractivity contribution in [3.05, 3.63) is 95.6 Å². The fourth-order valence-corrected chi connectivity index (χ4v) is 3.13. The number of hydrogen-bond acceptors (Lipinski definition) is 5. The zero-order chi connectivity index (χ0) is 24.3. The second-order valence-electron chi connectivity index (χ2n) is 7.41. The Bertz CT molecular complexity index is 1200. The van der Waals surface area contributed by atoms with Gasteiger partial charge in [-0.25, -0.2) is 0 Å². The monoisotopic (exact) mass is 455 g/mol. The summed E-state index contributed by atoms with van der Waals surface area (Å²) in [6, 6.07) is 25.1. The lowest BCUT2D eigenvalue weighted by molar-refractivity contribution is -0.123. The van der Waals surface area contributed by atoms with Gasteiger partial charge in [-0.1, -0.05) is 48.5 Å². The van der Waals surface area contributed by atoms with Crippen molar-refractivity contribution in [2.75, 3.05) is 19.0 Å². The van der Waals surface area contributed by atoms with Crippen LogP contribution in [0.15, 0.2) is 84.4 Å². The van der Waals surface area contributed by atoms with E-state index < -0.39 is 5.91 Å². The molecule has 0 aliphatic rings. The molecule has 0 radical (unpaired) electrons. The Kier molecular flexibility index (Phi) is 8.42. The molecular weight excluding hydrogens is 430 g/mol. The minimum atomic E-state index is -0.528. The van der Waals surface area contributed by atoms with Gasteiger partial charge in [0.25, 0.3) is 11.8 Å². The number of carbonyl (C=O) groups is 2. The normalized spacial score (nSPS) is 11.6. The van der Waals surface area contributed by atoms with Crippen molar-refractivity contribution < 1.29 is 19.1 Å². The van der Waals surface area contributed by atoms with Gasteiger partial charge in [0.15, 0.2) is 6.61 Å². The number of anilines is 1. The summed E-state index contributed by atoms with van der Waals surface area (Å²) in [5.74, 6) is 0.333. The molecule has 0 aliphatic carbocycles. The van der Waals surface area contributed by atoms with Crippen LogP contribution in [0.2, 0.25) is 0 Å². The predicted molar refractivity (Wildman–Crippen MR) is 130 cm³/mol. The van der Waals surface area contributed by atoms with Crippen molar-refractivity contribution in [2.45, 2.75) is 13.0 Å². The molecule has 1 atom stereocenters. The van der Waals surface area contributed by atoms with Crippen molar-refractivity contribution in [3.8, 4) is 17.6 Å². The first kappa shape index (κ1) is 24.1. The maximum Gasteiger partial charge on any atom is 0.266 e. The number of carbonyl (C=O) groups excluding carboxylic acids is 2. The molecule has 0 aromatic heterocycles. The van der Waals surface area contributed by atoms with E-state index in [-0.39, 0.29) is 24.1 Å². The topological polar surface area (TPSA) is 100 Å². The molecule has 0 unspecified atom stereocenters. The van der Waals surface area contributed by atoms with Gasteiger partial charge in [-0.2, -0.15) is 5.26 Å². The maximum absolute atomic E-state index is 12.5. The Labute approximate surface area is 198 Å². The number of hydrogen-bond donors (Lipinski definition) is 2. The van der Waals surface area contributed by atoms with Crippen LogP contribution in [-0.2, 0) is 9.59 Å². The van der Waals surface area contributed by atoms with Gasteiger partial charge < -0.3 is 20.1 Å². The SMILES string of the molecule is COc1cccc(NC(=O)/C(C#N)=C/c2ccc(OCC(=O)N[C@@H](C)c3ccccc3)cc2)c1. The zero-order valence-electron chi connectivity index (χ0n) is 18.9. The first-order chi connectivity index (χ1) is 16.5. The summed E-state index contributed by atoms with van der Waals surface area (Å²) in [5.41, 5.74) is 2.13. The Hall–Kier alpha value is -4.57. The second kappa shape index (κ2) is 11.9. The number of benzene rings is 3. The summed E-state index contributed by atoms with van der Waals surface area (Å²) in [4.78, 5) is 24.7. The van der Waals surface area contributed by atoms with Gasteiger partial charge in [-0.05, 0) is 48.4 Å². The largest absolute Gasteiger partial charge is 0.497 e. The highest BCUT2D eigenvalue weighted by atomic mass is 16.5. The van der Waals surface area contributed by atoms with E-state index >= 15 is 0 Å². The van der Waals surface area contributed by atoms with Crippen LogP contribution in [-0.4, -0.2) is 25.5 Å². The molecule has 0 saturated heterocycles. The molecule has 2 N–H and O–H groups in total. The number of amides is 2. The average molecular weight is 456 g/mol. The van der Waals surface area contributed by atoms with Gasteiger partial charge in [-0.15, -0.1) is 0 Å². The van der Waals surface area contributed by atoms with Crippen LogP contribution < -0.4 is 20.1 Å². The summed E-state index contributed by atoms with van der Waals surface area (Å²) in [7, 11) is 1.53. The van der Waals surface area contributed by atoms with E-state index in [4.69, 9.17) is 9.47 Å². The molecule has 3 aromatic carbocycles. The van der Waals surface area contributed by atoms with E-state index in [9.17, 15) is 14.9 Å². The van der Waals surface area contributed by atoms with Crippen LogP contribution in [0.25, 0.3) is 6.08 Å². The van der Waals surface area contributed by atoms with E-state index in [0.717, 1.165) is 5.56 Å². The van der Waals surface area contributed by atoms with Crippen LogP contribution in [0, 0.1) is 11.3 Å². The van der Waals surface area contributed by atoms with Gasteiger partial charge in [0.1, 0.15) is 23.1 Å². The molecule has 2 amide bonds. The Morgan fingerprint density at radius 2 is 1.74 bits per heavy atom. The summed E-state index contributed by atoms with van der Waals surface area (Å²) >= 11 is 0. The molecule has 3 aromatic rings. The van der Waals surface area contributed by atoms with Crippen LogP contribution in [0.5, 0.6) is 11.5 Å². The lowest BCUT2D eigenvalue weighted by Gasteiger charge is -2.14.